The van der Waals surface area contributed by atoms with Gasteiger partial charge in [-0.15, -0.1) is 0 Å². The van der Waals surface area contributed by atoms with Gasteiger partial charge in [-0.1, -0.05) is 25.1 Å². The van der Waals surface area contributed by atoms with Gasteiger partial charge < -0.3 is 15.0 Å². The number of ether oxygens (including phenoxy) is 1. The van der Waals surface area contributed by atoms with Crippen molar-refractivity contribution in [2.75, 3.05) is 38.3 Å². The normalized spacial score (nSPS) is 10.6. The number of hydrogen-bond donors (Lipinski definition) is 1. The molecule has 0 amide bonds. The van der Waals surface area contributed by atoms with Crippen molar-refractivity contribution >= 4 is 5.69 Å². The Morgan fingerprint density at radius 3 is 2.67 bits per heavy atom. The monoisotopic (exact) mass is 250 g/mol. The lowest BCUT2D eigenvalue weighted by Gasteiger charge is -2.25. The molecular weight excluding hydrogens is 224 g/mol. The average molecular weight is 250 g/mol. The summed E-state index contributed by atoms with van der Waals surface area (Å²) in [6.07, 6.45) is 1.17. The van der Waals surface area contributed by atoms with Gasteiger partial charge in [0.15, 0.2) is 0 Å². The third-order valence-corrected chi connectivity index (χ3v) is 3.02. The standard InChI is InChI=1S/C15H26N2O/c1-4-10-16-13-14-8-6-7-9-15(14)17(5-2)11-12-18-3/h6-9,16H,4-5,10-13H2,1-3H3. The molecule has 0 aliphatic carbocycles. The highest BCUT2D eigenvalue weighted by Crippen LogP contribution is 2.19. The summed E-state index contributed by atoms with van der Waals surface area (Å²) >= 11 is 0. The molecule has 1 rings (SSSR count). The van der Waals surface area contributed by atoms with Crippen LogP contribution in [0.1, 0.15) is 25.8 Å². The van der Waals surface area contributed by atoms with Crippen LogP contribution in [0.5, 0.6) is 0 Å². The lowest BCUT2D eigenvalue weighted by molar-refractivity contribution is 0.205. The van der Waals surface area contributed by atoms with E-state index in [9.17, 15) is 0 Å². The number of anilines is 1. The highest BCUT2D eigenvalue weighted by Gasteiger charge is 2.08. The molecule has 0 radical (unpaired) electrons. The summed E-state index contributed by atoms with van der Waals surface area (Å²) in [7, 11) is 1.75. The van der Waals surface area contributed by atoms with E-state index in [1.54, 1.807) is 7.11 Å². The highest BCUT2D eigenvalue weighted by molar-refractivity contribution is 5.53. The van der Waals surface area contributed by atoms with Gasteiger partial charge in [-0.3, -0.25) is 0 Å². The highest BCUT2D eigenvalue weighted by atomic mass is 16.5. The molecule has 0 bridgehead atoms. The van der Waals surface area contributed by atoms with Crippen molar-refractivity contribution in [3.05, 3.63) is 29.8 Å². The molecule has 3 heteroatoms. The number of nitrogens with zero attached hydrogens (tertiary/aromatic N) is 1. The van der Waals surface area contributed by atoms with E-state index in [1.807, 2.05) is 0 Å². The molecule has 0 saturated carbocycles. The van der Waals surface area contributed by atoms with Crippen molar-refractivity contribution in [1.29, 1.82) is 0 Å². The predicted octanol–water partition coefficient (Wildman–Crippen LogP) is 2.66. The second-order valence-electron chi connectivity index (χ2n) is 4.38. The maximum atomic E-state index is 5.18. The van der Waals surface area contributed by atoms with Crippen molar-refractivity contribution in [2.45, 2.75) is 26.8 Å². The Balaban J connectivity index is 2.71. The van der Waals surface area contributed by atoms with Gasteiger partial charge >= 0.3 is 0 Å². The minimum Gasteiger partial charge on any atom is -0.383 e. The summed E-state index contributed by atoms with van der Waals surface area (Å²) in [6.45, 7) is 9.10. The summed E-state index contributed by atoms with van der Waals surface area (Å²) in [6, 6.07) is 8.61. The minimum atomic E-state index is 0.768. The number of para-hydroxylation sites is 1. The SMILES string of the molecule is CCCNCc1ccccc1N(CC)CCOC. The van der Waals surface area contributed by atoms with Crippen LogP contribution in [0.2, 0.25) is 0 Å². The van der Waals surface area contributed by atoms with Crippen molar-refractivity contribution in [2.24, 2.45) is 0 Å². The van der Waals surface area contributed by atoms with Crippen LogP contribution in [0, 0.1) is 0 Å². The maximum Gasteiger partial charge on any atom is 0.0637 e. The molecule has 1 aromatic carbocycles. The third kappa shape index (κ3) is 4.67. The van der Waals surface area contributed by atoms with Crippen LogP contribution in [0.15, 0.2) is 24.3 Å². The van der Waals surface area contributed by atoms with Gasteiger partial charge in [0, 0.05) is 32.4 Å². The van der Waals surface area contributed by atoms with Crippen LogP contribution < -0.4 is 10.2 Å². The van der Waals surface area contributed by atoms with Gasteiger partial charge in [0.1, 0.15) is 0 Å². The van der Waals surface area contributed by atoms with Crippen LogP contribution >= 0.6 is 0 Å². The number of hydrogen-bond acceptors (Lipinski definition) is 3. The van der Waals surface area contributed by atoms with Crippen LogP contribution in [-0.4, -0.2) is 33.4 Å². The zero-order valence-electron chi connectivity index (χ0n) is 11.9. The van der Waals surface area contributed by atoms with Crippen LogP contribution in [0.4, 0.5) is 5.69 Å². The van der Waals surface area contributed by atoms with Gasteiger partial charge in [-0.25, -0.2) is 0 Å². The van der Waals surface area contributed by atoms with E-state index < -0.39 is 0 Å². The van der Waals surface area contributed by atoms with E-state index in [2.05, 4.69) is 48.3 Å². The topological polar surface area (TPSA) is 24.5 Å². The molecule has 0 saturated heterocycles. The molecule has 1 aromatic rings. The number of methoxy groups -OCH3 is 1. The Morgan fingerprint density at radius 2 is 2.00 bits per heavy atom. The van der Waals surface area contributed by atoms with Crippen molar-refractivity contribution < 1.29 is 4.74 Å². The molecular formula is C15H26N2O. The van der Waals surface area contributed by atoms with Crippen molar-refractivity contribution in [1.82, 2.24) is 5.32 Å². The van der Waals surface area contributed by atoms with Crippen LogP contribution in [0.3, 0.4) is 0 Å². The molecule has 0 atom stereocenters. The smallest absolute Gasteiger partial charge is 0.0637 e. The first kappa shape index (κ1) is 15.0. The first-order valence-corrected chi connectivity index (χ1v) is 6.86. The summed E-state index contributed by atoms with van der Waals surface area (Å²) in [5.41, 5.74) is 2.68. The first-order valence-electron chi connectivity index (χ1n) is 6.86. The Bertz CT molecular complexity index is 328. The summed E-state index contributed by atoms with van der Waals surface area (Å²) in [4.78, 5) is 2.37. The molecule has 0 unspecified atom stereocenters. The molecule has 18 heavy (non-hydrogen) atoms. The number of rotatable bonds is 9. The van der Waals surface area contributed by atoms with E-state index in [1.165, 1.54) is 17.7 Å². The Hall–Kier alpha value is -1.06. The summed E-state index contributed by atoms with van der Waals surface area (Å²) < 4.78 is 5.18. The molecule has 0 spiro atoms. The molecule has 0 aromatic heterocycles. The van der Waals surface area contributed by atoms with Gasteiger partial charge in [0.05, 0.1) is 6.61 Å². The lowest BCUT2D eigenvalue weighted by atomic mass is 10.1. The fourth-order valence-corrected chi connectivity index (χ4v) is 2.02. The summed E-state index contributed by atoms with van der Waals surface area (Å²) in [5, 5.41) is 3.47. The van der Waals surface area contributed by atoms with E-state index in [-0.39, 0.29) is 0 Å². The van der Waals surface area contributed by atoms with Crippen LogP contribution in [0.25, 0.3) is 0 Å². The summed E-state index contributed by atoms with van der Waals surface area (Å²) in [5.74, 6) is 0. The van der Waals surface area contributed by atoms with Gasteiger partial charge in [0.25, 0.3) is 0 Å². The molecule has 1 N–H and O–H groups in total. The van der Waals surface area contributed by atoms with Crippen molar-refractivity contribution in [3.63, 3.8) is 0 Å². The molecule has 102 valence electrons. The first-order chi connectivity index (χ1) is 8.83. The zero-order valence-corrected chi connectivity index (χ0v) is 11.9. The maximum absolute atomic E-state index is 5.18. The second kappa shape index (κ2) is 8.95. The molecule has 0 heterocycles. The van der Waals surface area contributed by atoms with Gasteiger partial charge in [0.2, 0.25) is 0 Å². The molecule has 0 fully saturated rings. The minimum absolute atomic E-state index is 0.768. The van der Waals surface area contributed by atoms with Crippen LogP contribution in [-0.2, 0) is 11.3 Å². The fraction of sp³-hybridized carbons (Fsp3) is 0.600. The number of likely N-dealkylation sites (N-methyl/N-ethyl adjacent to an activating group) is 1. The molecule has 0 aliphatic rings. The van der Waals surface area contributed by atoms with E-state index >= 15 is 0 Å². The fourth-order valence-electron chi connectivity index (χ4n) is 2.02. The third-order valence-electron chi connectivity index (χ3n) is 3.02. The van der Waals surface area contributed by atoms with Crippen molar-refractivity contribution in [3.8, 4) is 0 Å². The largest absolute Gasteiger partial charge is 0.383 e. The Kier molecular flexibility index (Phi) is 7.46. The molecule has 0 aliphatic heterocycles. The number of benzene rings is 1. The second-order valence-corrected chi connectivity index (χ2v) is 4.38. The van der Waals surface area contributed by atoms with E-state index in [0.29, 0.717) is 0 Å². The Labute approximate surface area is 111 Å². The lowest BCUT2D eigenvalue weighted by Crippen LogP contribution is -2.28. The molecule has 3 nitrogen and oxygen atoms in total. The van der Waals surface area contributed by atoms with Gasteiger partial charge in [-0.2, -0.15) is 0 Å². The van der Waals surface area contributed by atoms with E-state index in [0.717, 1.165) is 32.8 Å². The quantitative estimate of drug-likeness (QED) is 0.682. The van der Waals surface area contributed by atoms with Gasteiger partial charge in [-0.05, 0) is 31.5 Å². The zero-order chi connectivity index (χ0) is 13.2. The Morgan fingerprint density at radius 1 is 1.22 bits per heavy atom. The average Bonchev–Trinajstić information content (AvgIpc) is 2.41. The number of nitrogens with one attached hydrogen (secondary N) is 1. The predicted molar refractivity (Wildman–Crippen MR) is 78.2 cm³/mol. The van der Waals surface area contributed by atoms with E-state index in [4.69, 9.17) is 4.74 Å².